The fraction of sp³-hybridized carbons (Fsp3) is 0.438. The summed E-state index contributed by atoms with van der Waals surface area (Å²) in [6, 6.07) is 7.84. The molecule has 0 amide bonds. The Kier molecular flexibility index (Phi) is 5.06. The smallest absolute Gasteiger partial charge is 0.185 e. The number of carbonyl (C=O) groups excluding carboxylic acids is 1. The van der Waals surface area contributed by atoms with E-state index in [1.165, 1.54) is 37.0 Å². The summed E-state index contributed by atoms with van der Waals surface area (Å²) in [6.07, 6.45) is 12.4. The first-order chi connectivity index (χ1) is 8.79. The number of hydrogen-bond donors (Lipinski definition) is 0. The van der Waals surface area contributed by atoms with E-state index in [-0.39, 0.29) is 5.78 Å². The van der Waals surface area contributed by atoms with E-state index in [4.69, 9.17) is 0 Å². The molecule has 0 bridgehead atoms. The van der Waals surface area contributed by atoms with Gasteiger partial charge in [0, 0.05) is 10.5 Å². The quantitative estimate of drug-likeness (QED) is 0.442. The van der Waals surface area contributed by atoms with Gasteiger partial charge in [-0.05, 0) is 55.4 Å². The molecule has 1 fully saturated rings. The lowest BCUT2D eigenvalue weighted by atomic mass is 9.89. The van der Waals surface area contributed by atoms with E-state index in [2.05, 4.69) is 6.08 Å². The maximum atomic E-state index is 12.0. The van der Waals surface area contributed by atoms with Crippen LogP contribution in [0.2, 0.25) is 0 Å². The van der Waals surface area contributed by atoms with Crippen LogP contribution < -0.4 is 0 Å². The molecule has 0 saturated heterocycles. The molecule has 96 valence electrons. The Labute approximate surface area is 114 Å². The maximum Gasteiger partial charge on any atom is 0.185 e. The van der Waals surface area contributed by atoms with Crippen molar-refractivity contribution in [2.45, 2.75) is 37.0 Å². The standard InChI is InChI=1S/C16H20OS/c1-18-15-10-8-14(9-11-15)16(17)12-7-13-5-3-2-4-6-13/h7-13H,2-6H2,1H3/b12-7+. The van der Waals surface area contributed by atoms with Crippen molar-refractivity contribution in [2.75, 3.05) is 6.26 Å². The van der Waals surface area contributed by atoms with Crippen molar-refractivity contribution in [3.8, 4) is 0 Å². The molecule has 0 radical (unpaired) electrons. The van der Waals surface area contributed by atoms with Crippen LogP contribution in [0.25, 0.3) is 0 Å². The van der Waals surface area contributed by atoms with Gasteiger partial charge in [0.15, 0.2) is 5.78 Å². The van der Waals surface area contributed by atoms with Crippen LogP contribution in [0.3, 0.4) is 0 Å². The van der Waals surface area contributed by atoms with Gasteiger partial charge in [-0.2, -0.15) is 0 Å². The molecule has 0 heterocycles. The van der Waals surface area contributed by atoms with E-state index in [1.807, 2.05) is 30.5 Å². The SMILES string of the molecule is CSc1ccc(C(=O)/C=C/C2CCCCC2)cc1. The number of benzene rings is 1. The predicted molar refractivity (Wildman–Crippen MR) is 78.3 cm³/mol. The highest BCUT2D eigenvalue weighted by Crippen LogP contribution is 2.24. The van der Waals surface area contributed by atoms with Gasteiger partial charge in [0.05, 0.1) is 0 Å². The number of carbonyl (C=O) groups is 1. The fourth-order valence-corrected chi connectivity index (χ4v) is 2.81. The van der Waals surface area contributed by atoms with Crippen molar-refractivity contribution in [1.82, 2.24) is 0 Å². The molecule has 1 nitrogen and oxygen atoms in total. The lowest BCUT2D eigenvalue weighted by Crippen LogP contribution is -2.04. The number of rotatable bonds is 4. The van der Waals surface area contributed by atoms with Crippen LogP contribution in [0.1, 0.15) is 42.5 Å². The topological polar surface area (TPSA) is 17.1 Å². The first-order valence-electron chi connectivity index (χ1n) is 6.66. The van der Waals surface area contributed by atoms with Gasteiger partial charge in [0.2, 0.25) is 0 Å². The number of hydrogen-bond acceptors (Lipinski definition) is 2. The summed E-state index contributed by atoms with van der Waals surface area (Å²) in [7, 11) is 0. The molecule has 0 aromatic heterocycles. The first-order valence-corrected chi connectivity index (χ1v) is 7.88. The van der Waals surface area contributed by atoms with E-state index < -0.39 is 0 Å². The maximum absolute atomic E-state index is 12.0. The molecular formula is C16H20OS. The Balaban J connectivity index is 1.95. The second-order valence-electron chi connectivity index (χ2n) is 4.85. The second kappa shape index (κ2) is 6.79. The van der Waals surface area contributed by atoms with Gasteiger partial charge < -0.3 is 0 Å². The van der Waals surface area contributed by atoms with E-state index in [0.29, 0.717) is 5.92 Å². The lowest BCUT2D eigenvalue weighted by Gasteiger charge is -2.17. The monoisotopic (exact) mass is 260 g/mol. The van der Waals surface area contributed by atoms with Crippen molar-refractivity contribution >= 4 is 17.5 Å². The highest BCUT2D eigenvalue weighted by Gasteiger charge is 2.10. The van der Waals surface area contributed by atoms with Crippen molar-refractivity contribution in [2.24, 2.45) is 5.92 Å². The summed E-state index contributed by atoms with van der Waals surface area (Å²) in [5.41, 5.74) is 0.792. The Morgan fingerprint density at radius 1 is 1.17 bits per heavy atom. The molecule has 18 heavy (non-hydrogen) atoms. The summed E-state index contributed by atoms with van der Waals surface area (Å²) in [5.74, 6) is 0.751. The molecule has 1 aliphatic carbocycles. The van der Waals surface area contributed by atoms with Gasteiger partial charge in [-0.15, -0.1) is 11.8 Å². The summed E-state index contributed by atoms with van der Waals surface area (Å²) in [5, 5.41) is 0. The molecule has 1 aliphatic rings. The normalized spacial score (nSPS) is 17.2. The summed E-state index contributed by atoms with van der Waals surface area (Å²) < 4.78 is 0. The van der Waals surface area contributed by atoms with Gasteiger partial charge >= 0.3 is 0 Å². The Morgan fingerprint density at radius 3 is 2.44 bits per heavy atom. The molecule has 0 N–H and O–H groups in total. The van der Waals surface area contributed by atoms with Gasteiger partial charge in [-0.3, -0.25) is 4.79 Å². The van der Waals surface area contributed by atoms with Gasteiger partial charge in [0.25, 0.3) is 0 Å². The van der Waals surface area contributed by atoms with E-state index in [0.717, 1.165) is 5.56 Å². The van der Waals surface area contributed by atoms with E-state index >= 15 is 0 Å². The average molecular weight is 260 g/mol. The summed E-state index contributed by atoms with van der Waals surface area (Å²) >= 11 is 1.70. The van der Waals surface area contributed by atoms with Crippen molar-refractivity contribution in [3.63, 3.8) is 0 Å². The molecule has 2 rings (SSSR count). The Bertz CT molecular complexity index is 413. The van der Waals surface area contributed by atoms with Crippen LogP contribution >= 0.6 is 11.8 Å². The fourth-order valence-electron chi connectivity index (χ4n) is 2.40. The van der Waals surface area contributed by atoms with Gasteiger partial charge in [-0.1, -0.05) is 25.3 Å². The number of thioether (sulfide) groups is 1. The van der Waals surface area contributed by atoms with Crippen molar-refractivity contribution in [1.29, 1.82) is 0 Å². The highest BCUT2D eigenvalue weighted by molar-refractivity contribution is 7.98. The zero-order valence-electron chi connectivity index (χ0n) is 10.9. The third kappa shape index (κ3) is 3.74. The summed E-state index contributed by atoms with van der Waals surface area (Å²) in [6.45, 7) is 0. The third-order valence-corrected chi connectivity index (χ3v) is 4.29. The molecule has 0 aliphatic heterocycles. The molecule has 1 aromatic carbocycles. The second-order valence-corrected chi connectivity index (χ2v) is 5.73. The van der Waals surface area contributed by atoms with E-state index in [1.54, 1.807) is 17.8 Å². The lowest BCUT2D eigenvalue weighted by molar-refractivity contribution is 0.104. The molecule has 0 spiro atoms. The predicted octanol–water partition coefficient (Wildman–Crippen LogP) is 4.73. The van der Waals surface area contributed by atoms with Crippen LogP contribution in [0.4, 0.5) is 0 Å². The highest BCUT2D eigenvalue weighted by atomic mass is 32.2. The molecular weight excluding hydrogens is 240 g/mol. The molecule has 1 saturated carbocycles. The van der Waals surface area contributed by atoms with Crippen LogP contribution in [0.15, 0.2) is 41.3 Å². The van der Waals surface area contributed by atoms with Gasteiger partial charge in [0.1, 0.15) is 0 Å². The van der Waals surface area contributed by atoms with Gasteiger partial charge in [-0.25, -0.2) is 0 Å². The minimum atomic E-state index is 0.133. The van der Waals surface area contributed by atoms with Crippen LogP contribution in [0.5, 0.6) is 0 Å². The number of allylic oxidation sites excluding steroid dienone is 2. The van der Waals surface area contributed by atoms with Crippen LogP contribution in [-0.2, 0) is 0 Å². The molecule has 2 heteroatoms. The summed E-state index contributed by atoms with van der Waals surface area (Å²) in [4.78, 5) is 13.2. The van der Waals surface area contributed by atoms with Crippen molar-refractivity contribution < 1.29 is 4.79 Å². The largest absolute Gasteiger partial charge is 0.289 e. The number of ketones is 1. The first kappa shape index (κ1) is 13.4. The minimum absolute atomic E-state index is 0.133. The average Bonchev–Trinajstić information content (AvgIpc) is 2.46. The van der Waals surface area contributed by atoms with E-state index in [9.17, 15) is 4.79 Å². The van der Waals surface area contributed by atoms with Crippen LogP contribution in [-0.4, -0.2) is 12.0 Å². The molecule has 0 atom stereocenters. The zero-order valence-corrected chi connectivity index (χ0v) is 11.7. The Morgan fingerprint density at radius 2 is 1.83 bits per heavy atom. The molecule has 1 aromatic rings. The molecule has 0 unspecified atom stereocenters. The minimum Gasteiger partial charge on any atom is -0.289 e. The Hall–Kier alpha value is -1.02. The third-order valence-electron chi connectivity index (χ3n) is 3.54. The van der Waals surface area contributed by atoms with Crippen molar-refractivity contribution in [3.05, 3.63) is 42.0 Å². The van der Waals surface area contributed by atoms with Crippen LogP contribution in [0, 0.1) is 5.92 Å². The zero-order chi connectivity index (χ0) is 12.8.